The standard InChI is InChI=1S/C10H13N/c1-4-9-7-10(11-3)6-5-8(9)2/h4-7,11H,1H2,2-3H3. The first-order valence-corrected chi connectivity index (χ1v) is 3.68. The van der Waals surface area contributed by atoms with Gasteiger partial charge < -0.3 is 5.32 Å². The Kier molecular flexibility index (Phi) is 2.32. The first-order chi connectivity index (χ1) is 5.27. The van der Waals surface area contributed by atoms with E-state index >= 15 is 0 Å². The molecule has 1 heteroatoms. The Bertz CT molecular complexity index is 264. The predicted octanol–water partition coefficient (Wildman–Crippen LogP) is 2.68. The Labute approximate surface area is 67.8 Å². The van der Waals surface area contributed by atoms with Crippen molar-refractivity contribution in [3.8, 4) is 0 Å². The van der Waals surface area contributed by atoms with E-state index in [2.05, 4.69) is 37.0 Å². The van der Waals surface area contributed by atoms with E-state index in [0.29, 0.717) is 0 Å². The number of hydrogen-bond acceptors (Lipinski definition) is 1. The average Bonchev–Trinajstić information content (AvgIpc) is 2.05. The molecule has 1 nitrogen and oxygen atoms in total. The lowest BCUT2D eigenvalue weighted by Crippen LogP contribution is -1.89. The van der Waals surface area contributed by atoms with Crippen molar-refractivity contribution in [2.45, 2.75) is 6.92 Å². The SMILES string of the molecule is C=Cc1cc(NC)ccc1C. The summed E-state index contributed by atoms with van der Waals surface area (Å²) in [7, 11) is 1.91. The van der Waals surface area contributed by atoms with Crippen LogP contribution in [0.4, 0.5) is 5.69 Å². The van der Waals surface area contributed by atoms with Gasteiger partial charge in [0.2, 0.25) is 0 Å². The maximum atomic E-state index is 3.74. The Morgan fingerprint density at radius 3 is 2.73 bits per heavy atom. The molecular weight excluding hydrogens is 134 g/mol. The van der Waals surface area contributed by atoms with E-state index in [1.165, 1.54) is 11.1 Å². The van der Waals surface area contributed by atoms with Gasteiger partial charge in [0.1, 0.15) is 0 Å². The molecule has 0 aliphatic rings. The summed E-state index contributed by atoms with van der Waals surface area (Å²) in [6.45, 7) is 5.82. The highest BCUT2D eigenvalue weighted by Crippen LogP contribution is 2.15. The maximum absolute atomic E-state index is 3.74. The van der Waals surface area contributed by atoms with Crippen LogP contribution in [0.15, 0.2) is 24.8 Å². The van der Waals surface area contributed by atoms with E-state index in [9.17, 15) is 0 Å². The second-order valence-corrected chi connectivity index (χ2v) is 2.53. The Balaban J connectivity index is 3.12. The van der Waals surface area contributed by atoms with Crippen molar-refractivity contribution in [1.29, 1.82) is 0 Å². The zero-order valence-corrected chi connectivity index (χ0v) is 7.02. The highest BCUT2D eigenvalue weighted by Gasteiger charge is 1.93. The smallest absolute Gasteiger partial charge is 0.0343 e. The molecule has 11 heavy (non-hydrogen) atoms. The lowest BCUT2D eigenvalue weighted by Gasteiger charge is -2.03. The van der Waals surface area contributed by atoms with Crippen molar-refractivity contribution in [2.24, 2.45) is 0 Å². The molecule has 0 saturated heterocycles. The molecule has 0 aliphatic carbocycles. The molecule has 0 radical (unpaired) electrons. The lowest BCUT2D eigenvalue weighted by atomic mass is 10.1. The summed E-state index contributed by atoms with van der Waals surface area (Å²) >= 11 is 0. The second-order valence-electron chi connectivity index (χ2n) is 2.53. The van der Waals surface area contributed by atoms with Gasteiger partial charge in [0.05, 0.1) is 0 Å². The van der Waals surface area contributed by atoms with Crippen LogP contribution in [-0.4, -0.2) is 7.05 Å². The van der Waals surface area contributed by atoms with Gasteiger partial charge >= 0.3 is 0 Å². The molecule has 0 aromatic heterocycles. The highest BCUT2D eigenvalue weighted by molar-refractivity contribution is 5.59. The molecule has 0 heterocycles. The molecular formula is C10H13N. The van der Waals surface area contributed by atoms with Crippen LogP contribution >= 0.6 is 0 Å². The average molecular weight is 147 g/mol. The van der Waals surface area contributed by atoms with E-state index in [1.54, 1.807) is 0 Å². The molecule has 0 saturated carbocycles. The fourth-order valence-corrected chi connectivity index (χ4v) is 1.02. The van der Waals surface area contributed by atoms with E-state index in [1.807, 2.05) is 13.1 Å². The third-order valence-electron chi connectivity index (χ3n) is 1.79. The molecule has 1 aromatic rings. The van der Waals surface area contributed by atoms with Crippen LogP contribution in [0.5, 0.6) is 0 Å². The quantitative estimate of drug-likeness (QED) is 0.678. The normalized spacial score (nSPS) is 9.27. The molecule has 0 aliphatic heterocycles. The van der Waals surface area contributed by atoms with Crippen LogP contribution in [0.3, 0.4) is 0 Å². The number of benzene rings is 1. The number of aryl methyl sites for hydroxylation is 1. The number of rotatable bonds is 2. The van der Waals surface area contributed by atoms with Crippen molar-refractivity contribution in [2.75, 3.05) is 12.4 Å². The van der Waals surface area contributed by atoms with Crippen LogP contribution < -0.4 is 5.32 Å². The largest absolute Gasteiger partial charge is 0.388 e. The monoisotopic (exact) mass is 147 g/mol. The van der Waals surface area contributed by atoms with E-state index < -0.39 is 0 Å². The summed E-state index contributed by atoms with van der Waals surface area (Å²) in [6.07, 6.45) is 1.87. The zero-order chi connectivity index (χ0) is 8.27. The molecule has 0 bridgehead atoms. The highest BCUT2D eigenvalue weighted by atomic mass is 14.8. The summed E-state index contributed by atoms with van der Waals surface area (Å²) in [5, 5.41) is 3.08. The molecule has 0 unspecified atom stereocenters. The van der Waals surface area contributed by atoms with Crippen LogP contribution in [0.2, 0.25) is 0 Å². The minimum atomic E-state index is 1.13. The van der Waals surface area contributed by atoms with Gasteiger partial charge in [-0.3, -0.25) is 0 Å². The van der Waals surface area contributed by atoms with Crippen LogP contribution in [0.1, 0.15) is 11.1 Å². The number of hydrogen-bond donors (Lipinski definition) is 1. The lowest BCUT2D eigenvalue weighted by molar-refractivity contribution is 1.42. The molecule has 1 rings (SSSR count). The summed E-state index contributed by atoms with van der Waals surface area (Å²) in [5.41, 5.74) is 3.58. The first kappa shape index (κ1) is 7.86. The van der Waals surface area contributed by atoms with Gasteiger partial charge in [0.25, 0.3) is 0 Å². The predicted molar refractivity (Wildman–Crippen MR) is 50.8 cm³/mol. The van der Waals surface area contributed by atoms with Crippen molar-refractivity contribution >= 4 is 11.8 Å². The molecule has 0 fully saturated rings. The Morgan fingerprint density at radius 1 is 1.45 bits per heavy atom. The minimum Gasteiger partial charge on any atom is -0.388 e. The minimum absolute atomic E-state index is 1.13. The van der Waals surface area contributed by atoms with Gasteiger partial charge in [-0.2, -0.15) is 0 Å². The van der Waals surface area contributed by atoms with Gasteiger partial charge in [-0.1, -0.05) is 18.7 Å². The third-order valence-corrected chi connectivity index (χ3v) is 1.79. The van der Waals surface area contributed by atoms with E-state index in [0.717, 1.165) is 5.69 Å². The van der Waals surface area contributed by atoms with Crippen molar-refractivity contribution in [3.05, 3.63) is 35.9 Å². The first-order valence-electron chi connectivity index (χ1n) is 3.68. The van der Waals surface area contributed by atoms with Crippen LogP contribution in [0, 0.1) is 6.92 Å². The van der Waals surface area contributed by atoms with Crippen molar-refractivity contribution in [1.82, 2.24) is 0 Å². The van der Waals surface area contributed by atoms with Gasteiger partial charge in [0, 0.05) is 12.7 Å². The molecule has 1 aromatic carbocycles. The Hall–Kier alpha value is -1.24. The van der Waals surface area contributed by atoms with Crippen LogP contribution in [-0.2, 0) is 0 Å². The van der Waals surface area contributed by atoms with Gasteiger partial charge in [-0.15, -0.1) is 0 Å². The number of anilines is 1. The van der Waals surface area contributed by atoms with Crippen molar-refractivity contribution < 1.29 is 0 Å². The molecule has 1 N–H and O–H groups in total. The molecule has 58 valence electrons. The third kappa shape index (κ3) is 1.61. The summed E-state index contributed by atoms with van der Waals surface area (Å²) in [4.78, 5) is 0. The molecule has 0 atom stereocenters. The zero-order valence-electron chi connectivity index (χ0n) is 7.02. The van der Waals surface area contributed by atoms with E-state index in [4.69, 9.17) is 0 Å². The summed E-state index contributed by atoms with van der Waals surface area (Å²) < 4.78 is 0. The van der Waals surface area contributed by atoms with Gasteiger partial charge in [0.15, 0.2) is 0 Å². The molecule has 0 spiro atoms. The second kappa shape index (κ2) is 3.24. The maximum Gasteiger partial charge on any atom is 0.0343 e. The number of nitrogens with one attached hydrogen (secondary N) is 1. The van der Waals surface area contributed by atoms with Gasteiger partial charge in [-0.05, 0) is 30.2 Å². The fourth-order valence-electron chi connectivity index (χ4n) is 1.02. The topological polar surface area (TPSA) is 12.0 Å². The summed E-state index contributed by atoms with van der Waals surface area (Å²) in [5.74, 6) is 0. The van der Waals surface area contributed by atoms with Crippen LogP contribution in [0.25, 0.3) is 6.08 Å². The summed E-state index contributed by atoms with van der Waals surface area (Å²) in [6, 6.07) is 6.23. The fraction of sp³-hybridized carbons (Fsp3) is 0.200. The Morgan fingerprint density at radius 2 is 2.18 bits per heavy atom. The van der Waals surface area contributed by atoms with Gasteiger partial charge in [-0.25, -0.2) is 0 Å². The van der Waals surface area contributed by atoms with Crippen molar-refractivity contribution in [3.63, 3.8) is 0 Å². The van der Waals surface area contributed by atoms with E-state index in [-0.39, 0.29) is 0 Å². The molecule has 0 amide bonds.